The van der Waals surface area contributed by atoms with Crippen LogP contribution in [-0.2, 0) is 0 Å². The van der Waals surface area contributed by atoms with Gasteiger partial charge in [-0.2, -0.15) is 5.10 Å². The summed E-state index contributed by atoms with van der Waals surface area (Å²) in [6, 6.07) is 3.43. The van der Waals surface area contributed by atoms with E-state index in [-0.39, 0.29) is 17.0 Å². The number of halogens is 1. The summed E-state index contributed by atoms with van der Waals surface area (Å²) in [6.45, 7) is 0. The Labute approximate surface area is 118 Å². The van der Waals surface area contributed by atoms with Crippen LogP contribution >= 0.6 is 11.6 Å². The quantitative estimate of drug-likeness (QED) is 0.324. The molecular weight excluding hydrogens is 286 g/mol. The minimum absolute atomic E-state index is 0.115. The summed E-state index contributed by atoms with van der Waals surface area (Å²) < 4.78 is 0. The smallest absolute Gasteiger partial charge is 0.270 e. The number of nitro groups is 1. The lowest BCUT2D eigenvalue weighted by atomic mass is 10.2. The summed E-state index contributed by atoms with van der Waals surface area (Å²) in [5.41, 5.74) is 7.89. The van der Waals surface area contributed by atoms with E-state index in [1.54, 1.807) is 12.2 Å². The topological polar surface area (TPSA) is 115 Å². The second-order valence-corrected chi connectivity index (χ2v) is 4.10. The van der Waals surface area contributed by atoms with E-state index in [0.29, 0.717) is 11.0 Å². The number of benzene rings is 1. The highest BCUT2D eigenvalue weighted by Gasteiger charge is 2.05. The first-order valence-corrected chi connectivity index (χ1v) is 5.78. The summed E-state index contributed by atoms with van der Waals surface area (Å²) in [7, 11) is 0. The summed E-state index contributed by atoms with van der Waals surface area (Å²) in [4.78, 5) is 10.0. The summed E-state index contributed by atoms with van der Waals surface area (Å²) in [5.74, 6) is 0.149. The number of nitrogens with one attached hydrogen (secondary N) is 3. The standard InChI is InChI=1S/C11H10ClN5O3/c12-10-3-4-11(16-14-10)15-13-6-7-5-8(17(19)20)1-2-9(7)18/h1-6,14-16,18H/p-1. The zero-order valence-electron chi connectivity index (χ0n) is 9.96. The molecule has 0 amide bonds. The van der Waals surface area contributed by atoms with Crippen LogP contribution in [0, 0.1) is 10.1 Å². The second kappa shape index (κ2) is 5.93. The molecule has 0 atom stereocenters. The van der Waals surface area contributed by atoms with E-state index in [1.165, 1.54) is 6.21 Å². The third-order valence-corrected chi connectivity index (χ3v) is 2.53. The largest absolute Gasteiger partial charge is 0.872 e. The molecule has 9 heteroatoms. The van der Waals surface area contributed by atoms with Gasteiger partial charge in [-0.3, -0.25) is 26.4 Å². The van der Waals surface area contributed by atoms with Gasteiger partial charge in [0.15, 0.2) is 0 Å². The Bertz CT molecular complexity index is 626. The van der Waals surface area contributed by atoms with E-state index in [9.17, 15) is 15.2 Å². The Balaban J connectivity index is 2.08. The van der Waals surface area contributed by atoms with Gasteiger partial charge in [0.1, 0.15) is 11.0 Å². The predicted octanol–water partition coefficient (Wildman–Crippen LogP) is 0.621. The van der Waals surface area contributed by atoms with Crippen LogP contribution in [0.4, 0.5) is 5.69 Å². The number of allylic oxidation sites excluding steroid dienone is 2. The van der Waals surface area contributed by atoms with Crippen molar-refractivity contribution in [3.8, 4) is 5.75 Å². The van der Waals surface area contributed by atoms with E-state index in [0.717, 1.165) is 18.2 Å². The van der Waals surface area contributed by atoms with Gasteiger partial charge in [-0.25, -0.2) is 0 Å². The summed E-state index contributed by atoms with van der Waals surface area (Å²) in [5, 5.41) is 26.3. The van der Waals surface area contributed by atoms with E-state index in [4.69, 9.17) is 11.6 Å². The van der Waals surface area contributed by atoms with Crippen molar-refractivity contribution in [1.82, 2.24) is 16.3 Å². The van der Waals surface area contributed by atoms with Crippen LogP contribution in [-0.4, -0.2) is 11.1 Å². The molecule has 0 unspecified atom stereocenters. The van der Waals surface area contributed by atoms with Crippen molar-refractivity contribution >= 4 is 23.5 Å². The maximum Gasteiger partial charge on any atom is 0.270 e. The zero-order valence-corrected chi connectivity index (χ0v) is 10.7. The average Bonchev–Trinajstić information content (AvgIpc) is 2.43. The Kier molecular flexibility index (Phi) is 4.06. The molecule has 3 N–H and O–H groups in total. The van der Waals surface area contributed by atoms with Crippen LogP contribution in [0.15, 0.2) is 46.4 Å². The maximum absolute atomic E-state index is 11.5. The van der Waals surface area contributed by atoms with Crippen molar-refractivity contribution in [2.24, 2.45) is 5.10 Å². The van der Waals surface area contributed by atoms with Crippen LogP contribution < -0.4 is 21.4 Å². The molecule has 8 nitrogen and oxygen atoms in total. The highest BCUT2D eigenvalue weighted by atomic mass is 35.5. The maximum atomic E-state index is 11.5. The normalized spacial score (nSPS) is 14.1. The fourth-order valence-electron chi connectivity index (χ4n) is 1.35. The number of hydrazone groups is 1. The lowest BCUT2D eigenvalue weighted by Crippen LogP contribution is -2.35. The SMILES string of the molecule is O=[N+]([O-])c1ccc([O-])c(C=NNC2=CC=C(Cl)NN2)c1. The van der Waals surface area contributed by atoms with Crippen LogP contribution in [0.2, 0.25) is 0 Å². The van der Waals surface area contributed by atoms with Gasteiger partial charge in [0.2, 0.25) is 0 Å². The van der Waals surface area contributed by atoms with Crippen LogP contribution in [0.1, 0.15) is 5.56 Å². The van der Waals surface area contributed by atoms with Crippen LogP contribution in [0.3, 0.4) is 0 Å². The molecule has 0 aliphatic carbocycles. The first kappa shape index (κ1) is 13.7. The molecule has 2 rings (SSSR count). The molecule has 1 aromatic carbocycles. The molecule has 1 aliphatic heterocycles. The predicted molar refractivity (Wildman–Crippen MR) is 71.6 cm³/mol. The third-order valence-electron chi connectivity index (χ3n) is 2.31. The fraction of sp³-hybridized carbons (Fsp3) is 0. The molecule has 1 aromatic rings. The molecule has 104 valence electrons. The zero-order chi connectivity index (χ0) is 14.5. The average molecular weight is 295 g/mol. The van der Waals surface area contributed by atoms with Crippen molar-refractivity contribution in [3.05, 3.63) is 57.0 Å². The van der Waals surface area contributed by atoms with Crippen molar-refractivity contribution in [2.75, 3.05) is 0 Å². The van der Waals surface area contributed by atoms with Crippen LogP contribution in [0.25, 0.3) is 0 Å². The van der Waals surface area contributed by atoms with Gasteiger partial charge in [0, 0.05) is 12.1 Å². The van der Waals surface area contributed by atoms with E-state index in [2.05, 4.69) is 21.4 Å². The van der Waals surface area contributed by atoms with Crippen molar-refractivity contribution < 1.29 is 10.0 Å². The molecule has 1 heterocycles. The first-order valence-electron chi connectivity index (χ1n) is 5.40. The highest BCUT2D eigenvalue weighted by Crippen LogP contribution is 2.18. The monoisotopic (exact) mass is 294 g/mol. The lowest BCUT2D eigenvalue weighted by molar-refractivity contribution is -0.385. The Hall–Kier alpha value is -2.74. The minimum Gasteiger partial charge on any atom is -0.872 e. The number of hydrogen-bond acceptors (Lipinski definition) is 7. The Morgan fingerprint density at radius 1 is 1.35 bits per heavy atom. The molecule has 0 saturated carbocycles. The highest BCUT2D eigenvalue weighted by molar-refractivity contribution is 6.29. The molecule has 0 radical (unpaired) electrons. The van der Waals surface area contributed by atoms with E-state index < -0.39 is 4.92 Å². The van der Waals surface area contributed by atoms with E-state index in [1.807, 2.05) is 0 Å². The van der Waals surface area contributed by atoms with Gasteiger partial charge in [-0.1, -0.05) is 23.4 Å². The van der Waals surface area contributed by atoms with E-state index >= 15 is 0 Å². The first-order chi connectivity index (χ1) is 9.56. The Morgan fingerprint density at radius 3 is 2.80 bits per heavy atom. The molecule has 20 heavy (non-hydrogen) atoms. The number of hydrazine groups is 1. The molecule has 0 spiro atoms. The van der Waals surface area contributed by atoms with Gasteiger partial charge in [-0.05, 0) is 17.7 Å². The number of nitrogens with zero attached hydrogens (tertiary/aromatic N) is 2. The van der Waals surface area contributed by atoms with Crippen LogP contribution in [0.5, 0.6) is 5.75 Å². The Morgan fingerprint density at radius 2 is 2.15 bits per heavy atom. The van der Waals surface area contributed by atoms with Gasteiger partial charge in [0.25, 0.3) is 5.69 Å². The molecule has 0 fully saturated rings. The van der Waals surface area contributed by atoms with Crippen molar-refractivity contribution in [2.45, 2.75) is 0 Å². The van der Waals surface area contributed by atoms with Gasteiger partial charge < -0.3 is 5.11 Å². The van der Waals surface area contributed by atoms with Crippen molar-refractivity contribution in [1.29, 1.82) is 0 Å². The number of rotatable bonds is 4. The lowest BCUT2D eigenvalue weighted by Gasteiger charge is -2.15. The number of nitro benzene ring substituents is 1. The summed E-state index contributed by atoms with van der Waals surface area (Å²) >= 11 is 5.65. The number of hydrogen-bond donors (Lipinski definition) is 3. The molecule has 0 saturated heterocycles. The van der Waals surface area contributed by atoms with Crippen molar-refractivity contribution in [3.63, 3.8) is 0 Å². The third kappa shape index (κ3) is 3.39. The molecule has 0 bridgehead atoms. The van der Waals surface area contributed by atoms with Gasteiger partial charge >= 0.3 is 0 Å². The molecule has 0 aromatic heterocycles. The molecular formula is C11H9ClN5O3-. The van der Waals surface area contributed by atoms with Gasteiger partial charge in [-0.15, -0.1) is 0 Å². The minimum atomic E-state index is -0.577. The molecule has 1 aliphatic rings. The van der Waals surface area contributed by atoms with Gasteiger partial charge in [0.05, 0.1) is 11.1 Å². The second-order valence-electron chi connectivity index (χ2n) is 3.69. The fourth-order valence-corrected chi connectivity index (χ4v) is 1.46. The number of non-ortho nitro benzene ring substituents is 1. The summed E-state index contributed by atoms with van der Waals surface area (Å²) in [6.07, 6.45) is 4.43.